The molecule has 1 atom stereocenters. The van der Waals surface area contributed by atoms with Gasteiger partial charge in [-0.25, -0.2) is 0 Å². The van der Waals surface area contributed by atoms with Crippen LogP contribution in [0.3, 0.4) is 0 Å². The summed E-state index contributed by atoms with van der Waals surface area (Å²) in [4.78, 5) is 2.44. The van der Waals surface area contributed by atoms with E-state index < -0.39 is 0 Å². The maximum atomic E-state index is 9.36. The fourth-order valence-corrected chi connectivity index (χ4v) is 3.04. The molecule has 0 unspecified atom stereocenters. The van der Waals surface area contributed by atoms with Gasteiger partial charge < -0.3 is 9.63 Å². The van der Waals surface area contributed by atoms with E-state index in [1.54, 1.807) is 12.1 Å². The Morgan fingerprint density at radius 1 is 1.33 bits per heavy atom. The minimum Gasteiger partial charge on any atom is -0.508 e. The molecule has 0 aliphatic carbocycles. The van der Waals surface area contributed by atoms with Gasteiger partial charge in [-0.2, -0.15) is 0 Å². The van der Waals surface area contributed by atoms with Crippen molar-refractivity contribution in [2.75, 3.05) is 6.54 Å². The third kappa shape index (κ3) is 3.27. The van der Waals surface area contributed by atoms with E-state index in [1.807, 2.05) is 12.1 Å². The lowest BCUT2D eigenvalue weighted by Crippen LogP contribution is -2.22. The summed E-state index contributed by atoms with van der Waals surface area (Å²) in [6.07, 6.45) is 4.36. The first-order valence-electron chi connectivity index (χ1n) is 7.73. The number of aryl methyl sites for hydroxylation is 1. The van der Waals surface area contributed by atoms with Crippen molar-refractivity contribution in [3.05, 3.63) is 47.3 Å². The first-order valence-corrected chi connectivity index (χ1v) is 7.73. The summed E-state index contributed by atoms with van der Waals surface area (Å²) in [6.45, 7) is 4.12. The number of hydrogen-bond acceptors (Lipinski definition) is 4. The molecule has 4 heteroatoms. The summed E-state index contributed by atoms with van der Waals surface area (Å²) < 4.78 is 5.42. The number of likely N-dealkylation sites (tertiary alicyclic amines) is 1. The Morgan fingerprint density at radius 2 is 2.14 bits per heavy atom. The zero-order chi connectivity index (χ0) is 14.7. The highest BCUT2D eigenvalue weighted by atomic mass is 16.5. The van der Waals surface area contributed by atoms with Crippen molar-refractivity contribution in [2.24, 2.45) is 0 Å². The highest BCUT2D eigenvalue weighted by molar-refractivity contribution is 5.26. The average Bonchev–Trinajstić information content (AvgIpc) is 3.11. The van der Waals surface area contributed by atoms with Crippen molar-refractivity contribution in [1.29, 1.82) is 0 Å². The van der Waals surface area contributed by atoms with Gasteiger partial charge in [0.2, 0.25) is 0 Å². The maximum absolute atomic E-state index is 9.36. The Balaban J connectivity index is 1.70. The lowest BCUT2D eigenvalue weighted by Gasteiger charge is -2.22. The largest absolute Gasteiger partial charge is 0.508 e. The summed E-state index contributed by atoms with van der Waals surface area (Å²) in [7, 11) is 0. The Hall–Kier alpha value is -1.81. The van der Waals surface area contributed by atoms with Gasteiger partial charge in [0.1, 0.15) is 17.2 Å². The van der Waals surface area contributed by atoms with Crippen LogP contribution in [0.5, 0.6) is 5.75 Å². The monoisotopic (exact) mass is 286 g/mol. The normalized spacial score (nSPS) is 19.2. The maximum Gasteiger partial charge on any atom is 0.137 e. The summed E-state index contributed by atoms with van der Waals surface area (Å²) >= 11 is 0. The van der Waals surface area contributed by atoms with E-state index >= 15 is 0 Å². The van der Waals surface area contributed by atoms with Gasteiger partial charge in [0, 0.05) is 19.0 Å². The van der Waals surface area contributed by atoms with Gasteiger partial charge in [-0.15, -0.1) is 0 Å². The van der Waals surface area contributed by atoms with Gasteiger partial charge in [0.05, 0.1) is 6.04 Å². The van der Waals surface area contributed by atoms with E-state index in [0.717, 1.165) is 43.8 Å². The molecule has 1 aromatic heterocycles. The van der Waals surface area contributed by atoms with Crippen LogP contribution < -0.4 is 0 Å². The molecule has 1 fully saturated rings. The molecule has 3 rings (SSSR count). The van der Waals surface area contributed by atoms with E-state index in [9.17, 15) is 5.11 Å². The Kier molecular flexibility index (Phi) is 4.25. The average molecular weight is 286 g/mol. The molecular formula is C17H22N2O2. The number of benzene rings is 1. The number of aromatic hydroxyl groups is 1. The van der Waals surface area contributed by atoms with Gasteiger partial charge in [-0.3, -0.25) is 4.90 Å². The SMILES string of the molecule is CCCc1cc([C@@H]2CCCN2Cc2ccc(O)cc2)no1. The molecule has 21 heavy (non-hydrogen) atoms. The van der Waals surface area contributed by atoms with Crippen LogP contribution >= 0.6 is 0 Å². The minimum atomic E-state index is 0.317. The summed E-state index contributed by atoms with van der Waals surface area (Å²) in [6, 6.07) is 9.93. The van der Waals surface area contributed by atoms with E-state index in [0.29, 0.717) is 11.8 Å². The van der Waals surface area contributed by atoms with Crippen LogP contribution in [0.15, 0.2) is 34.9 Å². The number of nitrogens with zero attached hydrogens (tertiary/aromatic N) is 2. The molecule has 1 aliphatic heterocycles. The Bertz CT molecular complexity index is 577. The van der Waals surface area contributed by atoms with Gasteiger partial charge >= 0.3 is 0 Å². The quantitative estimate of drug-likeness (QED) is 0.911. The van der Waals surface area contributed by atoms with E-state index in [-0.39, 0.29) is 0 Å². The van der Waals surface area contributed by atoms with Crippen molar-refractivity contribution in [1.82, 2.24) is 10.1 Å². The molecule has 112 valence electrons. The predicted molar refractivity (Wildman–Crippen MR) is 81.0 cm³/mol. The van der Waals surface area contributed by atoms with Crippen LogP contribution in [0.25, 0.3) is 0 Å². The predicted octanol–water partition coefficient (Wildman–Crippen LogP) is 3.67. The smallest absolute Gasteiger partial charge is 0.137 e. The molecule has 2 aromatic rings. The molecule has 1 aliphatic rings. The van der Waals surface area contributed by atoms with Crippen molar-refractivity contribution in [3.8, 4) is 5.75 Å². The van der Waals surface area contributed by atoms with Crippen molar-refractivity contribution in [3.63, 3.8) is 0 Å². The fourth-order valence-electron chi connectivity index (χ4n) is 3.04. The topological polar surface area (TPSA) is 49.5 Å². The zero-order valence-corrected chi connectivity index (χ0v) is 12.5. The highest BCUT2D eigenvalue weighted by Gasteiger charge is 2.28. The van der Waals surface area contributed by atoms with Crippen molar-refractivity contribution >= 4 is 0 Å². The summed E-state index contributed by atoms with van der Waals surface area (Å²) in [5.41, 5.74) is 2.28. The van der Waals surface area contributed by atoms with Crippen molar-refractivity contribution in [2.45, 2.75) is 45.2 Å². The standard InChI is InChI=1S/C17H22N2O2/c1-2-4-15-11-16(18-21-15)17-5-3-10-19(17)12-13-6-8-14(20)9-7-13/h6-9,11,17,20H,2-5,10,12H2,1H3/t17-/m0/s1. The third-order valence-electron chi connectivity index (χ3n) is 4.10. The molecule has 1 aromatic carbocycles. The van der Waals surface area contributed by atoms with Crippen LogP contribution in [0, 0.1) is 0 Å². The molecular weight excluding hydrogens is 264 g/mol. The third-order valence-corrected chi connectivity index (χ3v) is 4.10. The van der Waals surface area contributed by atoms with E-state index in [1.165, 1.54) is 12.0 Å². The second-order valence-corrected chi connectivity index (χ2v) is 5.76. The molecule has 0 bridgehead atoms. The van der Waals surface area contributed by atoms with E-state index in [4.69, 9.17) is 4.52 Å². The van der Waals surface area contributed by atoms with Gasteiger partial charge in [-0.05, 0) is 43.5 Å². The van der Waals surface area contributed by atoms with Gasteiger partial charge in [0.15, 0.2) is 0 Å². The molecule has 0 saturated carbocycles. The van der Waals surface area contributed by atoms with Crippen LogP contribution in [-0.2, 0) is 13.0 Å². The number of phenolic OH excluding ortho intramolecular Hbond substituents is 1. The Morgan fingerprint density at radius 3 is 2.90 bits per heavy atom. The molecule has 2 heterocycles. The van der Waals surface area contributed by atoms with Gasteiger partial charge in [-0.1, -0.05) is 24.2 Å². The molecule has 0 radical (unpaired) electrons. The Labute approximate surface area is 125 Å². The van der Waals surface area contributed by atoms with Gasteiger partial charge in [0.25, 0.3) is 0 Å². The molecule has 4 nitrogen and oxygen atoms in total. The van der Waals surface area contributed by atoms with Crippen LogP contribution in [-0.4, -0.2) is 21.7 Å². The molecule has 0 spiro atoms. The van der Waals surface area contributed by atoms with Crippen LogP contribution in [0.4, 0.5) is 0 Å². The number of rotatable bonds is 5. The fraction of sp³-hybridized carbons (Fsp3) is 0.471. The van der Waals surface area contributed by atoms with Crippen LogP contribution in [0.1, 0.15) is 49.2 Å². The lowest BCUT2D eigenvalue weighted by atomic mass is 10.1. The lowest BCUT2D eigenvalue weighted by molar-refractivity contribution is 0.236. The summed E-state index contributed by atoms with van der Waals surface area (Å²) in [5, 5.41) is 13.6. The first-order chi connectivity index (χ1) is 10.3. The second kappa shape index (κ2) is 6.31. The highest BCUT2D eigenvalue weighted by Crippen LogP contribution is 2.33. The van der Waals surface area contributed by atoms with E-state index in [2.05, 4.69) is 23.0 Å². The molecule has 1 N–H and O–H groups in total. The summed E-state index contributed by atoms with van der Waals surface area (Å²) in [5.74, 6) is 1.31. The van der Waals surface area contributed by atoms with Crippen molar-refractivity contribution < 1.29 is 9.63 Å². The molecule has 0 amide bonds. The number of hydrogen-bond donors (Lipinski definition) is 1. The number of phenols is 1. The minimum absolute atomic E-state index is 0.317. The molecule has 1 saturated heterocycles. The number of aromatic nitrogens is 1. The van der Waals surface area contributed by atoms with Crippen LogP contribution in [0.2, 0.25) is 0 Å². The zero-order valence-electron chi connectivity index (χ0n) is 12.5. The first kappa shape index (κ1) is 14.1. The second-order valence-electron chi connectivity index (χ2n) is 5.76.